The normalized spacial score (nSPS) is 13.0. The van der Waals surface area contributed by atoms with Crippen LogP contribution in [0.2, 0.25) is 0 Å². The largest absolute Gasteiger partial charge is 0.356 e. The van der Waals surface area contributed by atoms with Gasteiger partial charge in [-0.2, -0.15) is 0 Å². The minimum atomic E-state index is 0.381. The first-order valence-electron chi connectivity index (χ1n) is 8.38. The van der Waals surface area contributed by atoms with Gasteiger partial charge in [0.25, 0.3) is 0 Å². The summed E-state index contributed by atoms with van der Waals surface area (Å²) in [5.74, 6) is 2.40. The van der Waals surface area contributed by atoms with Crippen LogP contribution in [0.3, 0.4) is 0 Å². The summed E-state index contributed by atoms with van der Waals surface area (Å²) in [6.07, 6.45) is 3.11. The van der Waals surface area contributed by atoms with Crippen LogP contribution in [0.15, 0.2) is 18.3 Å². The molecule has 0 fully saturated rings. The van der Waals surface area contributed by atoms with E-state index < -0.39 is 0 Å². The summed E-state index contributed by atoms with van der Waals surface area (Å²) in [5, 5.41) is 3.55. The molecule has 0 aliphatic heterocycles. The molecule has 1 aromatic rings. The Balaban J connectivity index is 2.87. The number of pyridine rings is 1. The first-order chi connectivity index (χ1) is 9.93. The molecule has 0 aliphatic rings. The van der Waals surface area contributed by atoms with Gasteiger partial charge in [0.05, 0.1) is 0 Å². The maximum atomic E-state index is 4.61. The third-order valence-corrected chi connectivity index (χ3v) is 3.47. The summed E-state index contributed by atoms with van der Waals surface area (Å²) in [4.78, 5) is 7.03. The van der Waals surface area contributed by atoms with Gasteiger partial charge in [0.15, 0.2) is 0 Å². The van der Waals surface area contributed by atoms with Crippen molar-refractivity contribution in [3.05, 3.63) is 23.9 Å². The van der Waals surface area contributed by atoms with Gasteiger partial charge in [0, 0.05) is 25.3 Å². The highest BCUT2D eigenvalue weighted by atomic mass is 15.2. The van der Waals surface area contributed by atoms with E-state index in [1.165, 1.54) is 5.56 Å². The molecule has 0 amide bonds. The van der Waals surface area contributed by atoms with Crippen molar-refractivity contribution < 1.29 is 0 Å². The molecule has 0 saturated carbocycles. The van der Waals surface area contributed by atoms with Crippen LogP contribution in [-0.2, 0) is 0 Å². The SMILES string of the molecule is CCCNC(C)c1ccnc(N(CC(C)C)CC(C)C)c1. The second kappa shape index (κ2) is 9.04. The van der Waals surface area contributed by atoms with Gasteiger partial charge in [-0.25, -0.2) is 4.98 Å². The summed E-state index contributed by atoms with van der Waals surface area (Å²) < 4.78 is 0. The second-order valence-electron chi connectivity index (χ2n) is 6.82. The Bertz CT molecular complexity index is 391. The van der Waals surface area contributed by atoms with Gasteiger partial charge in [-0.15, -0.1) is 0 Å². The molecular weight excluding hydrogens is 258 g/mol. The summed E-state index contributed by atoms with van der Waals surface area (Å²) in [6.45, 7) is 16.7. The van der Waals surface area contributed by atoms with Crippen LogP contribution < -0.4 is 10.2 Å². The molecule has 0 saturated heterocycles. The Morgan fingerprint density at radius 3 is 2.24 bits per heavy atom. The fourth-order valence-corrected chi connectivity index (χ4v) is 2.50. The molecule has 0 aromatic carbocycles. The van der Waals surface area contributed by atoms with E-state index in [0.717, 1.165) is 31.9 Å². The Hall–Kier alpha value is -1.09. The Kier molecular flexibility index (Phi) is 7.73. The highest BCUT2D eigenvalue weighted by Crippen LogP contribution is 2.20. The molecule has 1 unspecified atom stereocenters. The van der Waals surface area contributed by atoms with Gasteiger partial charge in [-0.05, 0) is 49.4 Å². The summed E-state index contributed by atoms with van der Waals surface area (Å²) in [6, 6.07) is 4.75. The number of aromatic nitrogens is 1. The Labute approximate surface area is 131 Å². The van der Waals surface area contributed by atoms with Crippen molar-refractivity contribution in [1.29, 1.82) is 0 Å². The lowest BCUT2D eigenvalue weighted by Gasteiger charge is -2.28. The average molecular weight is 291 g/mol. The van der Waals surface area contributed by atoms with E-state index in [4.69, 9.17) is 0 Å². The van der Waals surface area contributed by atoms with Crippen molar-refractivity contribution in [3.63, 3.8) is 0 Å². The summed E-state index contributed by atoms with van der Waals surface area (Å²) in [7, 11) is 0. The van der Waals surface area contributed by atoms with Crippen LogP contribution in [0.1, 0.15) is 59.6 Å². The first kappa shape index (κ1) is 18.0. The van der Waals surface area contributed by atoms with Crippen LogP contribution in [-0.4, -0.2) is 24.6 Å². The van der Waals surface area contributed by atoms with E-state index in [1.807, 2.05) is 6.20 Å². The number of hydrogen-bond donors (Lipinski definition) is 1. The lowest BCUT2D eigenvalue weighted by atomic mass is 10.1. The van der Waals surface area contributed by atoms with Crippen LogP contribution >= 0.6 is 0 Å². The van der Waals surface area contributed by atoms with E-state index in [-0.39, 0.29) is 0 Å². The molecule has 3 heteroatoms. The first-order valence-corrected chi connectivity index (χ1v) is 8.38. The zero-order valence-electron chi connectivity index (χ0n) is 14.7. The smallest absolute Gasteiger partial charge is 0.128 e. The van der Waals surface area contributed by atoms with E-state index in [0.29, 0.717) is 17.9 Å². The number of nitrogens with zero attached hydrogens (tertiary/aromatic N) is 2. The van der Waals surface area contributed by atoms with E-state index >= 15 is 0 Å². The van der Waals surface area contributed by atoms with Crippen molar-refractivity contribution in [2.75, 3.05) is 24.5 Å². The molecule has 0 spiro atoms. The van der Waals surface area contributed by atoms with Crippen molar-refractivity contribution in [1.82, 2.24) is 10.3 Å². The Morgan fingerprint density at radius 1 is 1.10 bits per heavy atom. The lowest BCUT2D eigenvalue weighted by molar-refractivity contribution is 0.546. The van der Waals surface area contributed by atoms with E-state index in [9.17, 15) is 0 Å². The second-order valence-corrected chi connectivity index (χ2v) is 6.82. The molecular formula is C18H33N3. The highest BCUT2D eigenvalue weighted by Gasteiger charge is 2.13. The third kappa shape index (κ3) is 6.47. The van der Waals surface area contributed by atoms with Gasteiger partial charge in [-0.1, -0.05) is 34.6 Å². The molecule has 21 heavy (non-hydrogen) atoms. The average Bonchev–Trinajstić information content (AvgIpc) is 2.43. The van der Waals surface area contributed by atoms with Crippen molar-refractivity contribution in [2.45, 2.75) is 54.0 Å². The minimum Gasteiger partial charge on any atom is -0.356 e. The van der Waals surface area contributed by atoms with Gasteiger partial charge >= 0.3 is 0 Å². The highest BCUT2D eigenvalue weighted by molar-refractivity contribution is 5.42. The number of hydrogen-bond acceptors (Lipinski definition) is 3. The zero-order valence-corrected chi connectivity index (χ0v) is 14.7. The standard InChI is InChI=1S/C18H33N3/c1-7-9-19-16(6)17-8-10-20-18(11-17)21(12-14(2)3)13-15(4)5/h8,10-11,14-16,19H,7,9,12-13H2,1-6H3. The van der Waals surface area contributed by atoms with Crippen LogP contribution in [0, 0.1) is 11.8 Å². The van der Waals surface area contributed by atoms with Crippen LogP contribution in [0.4, 0.5) is 5.82 Å². The maximum absolute atomic E-state index is 4.61. The molecule has 0 radical (unpaired) electrons. The van der Waals surface area contributed by atoms with Gasteiger partial charge in [-0.3, -0.25) is 0 Å². The third-order valence-electron chi connectivity index (χ3n) is 3.47. The molecule has 3 nitrogen and oxygen atoms in total. The van der Waals surface area contributed by atoms with Crippen LogP contribution in [0.5, 0.6) is 0 Å². The summed E-state index contributed by atoms with van der Waals surface area (Å²) in [5.41, 5.74) is 1.32. The lowest BCUT2D eigenvalue weighted by Crippen LogP contribution is -2.32. The minimum absolute atomic E-state index is 0.381. The molecule has 1 atom stereocenters. The predicted molar refractivity (Wildman–Crippen MR) is 92.8 cm³/mol. The number of anilines is 1. The van der Waals surface area contributed by atoms with Crippen molar-refractivity contribution in [2.24, 2.45) is 11.8 Å². The fourth-order valence-electron chi connectivity index (χ4n) is 2.50. The molecule has 1 rings (SSSR count). The topological polar surface area (TPSA) is 28.2 Å². The quantitative estimate of drug-likeness (QED) is 0.737. The maximum Gasteiger partial charge on any atom is 0.128 e. The zero-order chi connectivity index (χ0) is 15.8. The van der Waals surface area contributed by atoms with Gasteiger partial charge in [0.2, 0.25) is 0 Å². The fraction of sp³-hybridized carbons (Fsp3) is 0.722. The van der Waals surface area contributed by atoms with E-state index in [1.54, 1.807) is 0 Å². The molecule has 120 valence electrons. The summed E-state index contributed by atoms with van der Waals surface area (Å²) >= 11 is 0. The molecule has 1 heterocycles. The molecule has 1 N–H and O–H groups in total. The van der Waals surface area contributed by atoms with Crippen molar-refractivity contribution in [3.8, 4) is 0 Å². The molecule has 0 bridgehead atoms. The Morgan fingerprint density at radius 2 is 1.71 bits per heavy atom. The van der Waals surface area contributed by atoms with Gasteiger partial charge in [0.1, 0.15) is 5.82 Å². The number of rotatable bonds is 9. The monoisotopic (exact) mass is 291 g/mol. The predicted octanol–water partition coefficient (Wildman–Crippen LogP) is 4.26. The molecule has 1 aromatic heterocycles. The van der Waals surface area contributed by atoms with Gasteiger partial charge < -0.3 is 10.2 Å². The number of nitrogens with one attached hydrogen (secondary N) is 1. The molecule has 0 aliphatic carbocycles. The van der Waals surface area contributed by atoms with Crippen LogP contribution in [0.25, 0.3) is 0 Å². The van der Waals surface area contributed by atoms with Crippen molar-refractivity contribution >= 4 is 5.82 Å². The van der Waals surface area contributed by atoms with E-state index in [2.05, 4.69) is 68.9 Å².